The molecule has 0 aliphatic carbocycles. The fourth-order valence-electron chi connectivity index (χ4n) is 2.05. The van der Waals surface area contributed by atoms with Gasteiger partial charge < -0.3 is 14.6 Å². The minimum Gasteiger partial charge on any atom is -0.376 e. The van der Waals surface area contributed by atoms with E-state index in [0.717, 1.165) is 26.0 Å². The maximum atomic E-state index is 5.57. The lowest BCUT2D eigenvalue weighted by Gasteiger charge is -2.12. The highest BCUT2D eigenvalue weighted by atomic mass is 16.5. The second-order valence-corrected chi connectivity index (χ2v) is 4.45. The molecule has 7 heteroatoms. The lowest BCUT2D eigenvalue weighted by atomic mass is 10.2. The van der Waals surface area contributed by atoms with E-state index in [9.17, 15) is 0 Å². The van der Waals surface area contributed by atoms with Gasteiger partial charge in [0.25, 0.3) is 5.89 Å². The van der Waals surface area contributed by atoms with Crippen LogP contribution in [0.1, 0.15) is 18.7 Å². The van der Waals surface area contributed by atoms with Crippen LogP contribution < -0.4 is 5.32 Å². The van der Waals surface area contributed by atoms with E-state index in [0.29, 0.717) is 23.1 Å². The third-order valence-electron chi connectivity index (χ3n) is 2.99. The number of nitrogens with zero attached hydrogens (tertiary/aromatic N) is 4. The van der Waals surface area contributed by atoms with Crippen LogP contribution >= 0.6 is 0 Å². The molecular weight excluding hydrogens is 246 g/mol. The van der Waals surface area contributed by atoms with Crippen LogP contribution in [0.2, 0.25) is 0 Å². The predicted octanol–water partition coefficient (Wildman–Crippen LogP) is 1.43. The fraction of sp³-hybridized carbons (Fsp3) is 0.500. The number of aromatic nitrogens is 4. The van der Waals surface area contributed by atoms with Crippen LogP contribution in [0.25, 0.3) is 11.5 Å². The molecule has 1 atom stereocenters. The Morgan fingerprint density at radius 3 is 3.16 bits per heavy atom. The molecule has 1 fully saturated rings. The van der Waals surface area contributed by atoms with E-state index in [-0.39, 0.29) is 6.10 Å². The number of anilines is 1. The van der Waals surface area contributed by atoms with Gasteiger partial charge in [0, 0.05) is 19.3 Å². The van der Waals surface area contributed by atoms with E-state index in [1.54, 1.807) is 13.1 Å². The summed E-state index contributed by atoms with van der Waals surface area (Å²) in [5.74, 6) is 1.70. The van der Waals surface area contributed by atoms with Crippen molar-refractivity contribution in [1.82, 2.24) is 20.1 Å². The lowest BCUT2D eigenvalue weighted by molar-refractivity contribution is 0.120. The summed E-state index contributed by atoms with van der Waals surface area (Å²) in [4.78, 5) is 12.4. The lowest BCUT2D eigenvalue weighted by Crippen LogP contribution is -2.19. The monoisotopic (exact) mass is 261 g/mol. The van der Waals surface area contributed by atoms with Crippen LogP contribution in [0.3, 0.4) is 0 Å². The molecule has 19 heavy (non-hydrogen) atoms. The molecule has 2 aromatic heterocycles. The average Bonchev–Trinajstić information content (AvgIpc) is 3.08. The molecule has 3 heterocycles. The molecule has 1 unspecified atom stereocenters. The second-order valence-electron chi connectivity index (χ2n) is 4.45. The molecular formula is C12H15N5O2. The first-order chi connectivity index (χ1) is 9.33. The van der Waals surface area contributed by atoms with Crippen molar-refractivity contribution in [2.75, 3.05) is 18.5 Å². The Kier molecular flexibility index (Phi) is 3.37. The van der Waals surface area contributed by atoms with Crippen LogP contribution in [0.5, 0.6) is 0 Å². The molecule has 3 rings (SSSR count). The van der Waals surface area contributed by atoms with Crippen molar-refractivity contribution >= 4 is 5.82 Å². The van der Waals surface area contributed by atoms with Crippen molar-refractivity contribution in [3.05, 3.63) is 18.3 Å². The molecule has 2 aromatic rings. The van der Waals surface area contributed by atoms with E-state index in [4.69, 9.17) is 9.26 Å². The highest BCUT2D eigenvalue weighted by molar-refractivity contribution is 5.67. The Morgan fingerprint density at radius 2 is 2.42 bits per heavy atom. The summed E-state index contributed by atoms with van der Waals surface area (Å²) in [6.45, 7) is 3.33. The van der Waals surface area contributed by atoms with E-state index < -0.39 is 0 Å². The van der Waals surface area contributed by atoms with Gasteiger partial charge >= 0.3 is 0 Å². The molecule has 100 valence electrons. The molecule has 1 N–H and O–H groups in total. The number of nitrogens with one attached hydrogen (secondary N) is 1. The van der Waals surface area contributed by atoms with Crippen LogP contribution in [0.4, 0.5) is 5.82 Å². The first kappa shape index (κ1) is 12.0. The summed E-state index contributed by atoms with van der Waals surface area (Å²) in [5, 5.41) is 7.04. The van der Waals surface area contributed by atoms with Crippen LogP contribution in [-0.2, 0) is 4.74 Å². The summed E-state index contributed by atoms with van der Waals surface area (Å²) in [7, 11) is 0. The van der Waals surface area contributed by atoms with E-state index >= 15 is 0 Å². The van der Waals surface area contributed by atoms with E-state index in [2.05, 4.69) is 25.4 Å². The molecule has 1 aliphatic heterocycles. The van der Waals surface area contributed by atoms with Gasteiger partial charge in [0.2, 0.25) is 0 Å². The van der Waals surface area contributed by atoms with Crippen molar-refractivity contribution in [3.8, 4) is 11.5 Å². The molecule has 0 spiro atoms. The molecule has 0 amide bonds. The van der Waals surface area contributed by atoms with Gasteiger partial charge in [-0.3, -0.25) is 0 Å². The largest absolute Gasteiger partial charge is 0.376 e. The topological polar surface area (TPSA) is 86.0 Å². The normalized spacial score (nSPS) is 18.7. The van der Waals surface area contributed by atoms with Gasteiger partial charge in [-0.2, -0.15) is 4.98 Å². The molecule has 1 saturated heterocycles. The fourth-order valence-corrected chi connectivity index (χ4v) is 2.05. The van der Waals surface area contributed by atoms with Gasteiger partial charge in [0.05, 0.1) is 6.10 Å². The Hall–Kier alpha value is -2.02. The number of hydrogen-bond acceptors (Lipinski definition) is 7. The van der Waals surface area contributed by atoms with Gasteiger partial charge in [-0.25, -0.2) is 9.97 Å². The summed E-state index contributed by atoms with van der Waals surface area (Å²) in [5.41, 5.74) is 0.709. The number of ether oxygens (including phenoxy) is 1. The van der Waals surface area contributed by atoms with Crippen molar-refractivity contribution in [2.24, 2.45) is 0 Å². The third kappa shape index (κ3) is 2.70. The Morgan fingerprint density at radius 1 is 1.47 bits per heavy atom. The minimum atomic E-state index is 0.243. The zero-order valence-corrected chi connectivity index (χ0v) is 10.7. The average molecular weight is 261 g/mol. The van der Waals surface area contributed by atoms with Crippen molar-refractivity contribution < 1.29 is 9.26 Å². The van der Waals surface area contributed by atoms with Gasteiger partial charge in [0.1, 0.15) is 17.7 Å². The Labute approximate surface area is 110 Å². The summed E-state index contributed by atoms with van der Waals surface area (Å²) >= 11 is 0. The van der Waals surface area contributed by atoms with Gasteiger partial charge in [-0.05, 0) is 19.8 Å². The maximum absolute atomic E-state index is 5.57. The van der Waals surface area contributed by atoms with Crippen molar-refractivity contribution in [2.45, 2.75) is 25.9 Å². The zero-order chi connectivity index (χ0) is 13.1. The Bertz CT molecular complexity index is 551. The third-order valence-corrected chi connectivity index (χ3v) is 2.99. The summed E-state index contributed by atoms with van der Waals surface area (Å²) in [6.07, 6.45) is 5.59. The second kappa shape index (κ2) is 5.31. The summed E-state index contributed by atoms with van der Waals surface area (Å²) < 4.78 is 10.7. The van der Waals surface area contributed by atoms with E-state index in [1.165, 1.54) is 6.33 Å². The first-order valence-electron chi connectivity index (χ1n) is 6.29. The zero-order valence-electron chi connectivity index (χ0n) is 10.7. The van der Waals surface area contributed by atoms with Crippen LogP contribution in [0, 0.1) is 6.92 Å². The maximum Gasteiger partial charge on any atom is 0.263 e. The highest BCUT2D eigenvalue weighted by Gasteiger charge is 2.17. The summed E-state index contributed by atoms with van der Waals surface area (Å²) in [6, 6.07) is 0. The van der Waals surface area contributed by atoms with Gasteiger partial charge in [-0.15, -0.1) is 0 Å². The van der Waals surface area contributed by atoms with Crippen molar-refractivity contribution in [1.29, 1.82) is 0 Å². The first-order valence-corrected chi connectivity index (χ1v) is 6.29. The molecule has 1 aliphatic rings. The smallest absolute Gasteiger partial charge is 0.263 e. The highest BCUT2D eigenvalue weighted by Crippen LogP contribution is 2.23. The molecule has 0 saturated carbocycles. The van der Waals surface area contributed by atoms with Crippen LogP contribution in [0.15, 0.2) is 17.0 Å². The van der Waals surface area contributed by atoms with Gasteiger partial charge in [0.15, 0.2) is 5.82 Å². The Balaban J connectivity index is 1.77. The molecule has 0 aromatic carbocycles. The molecule has 0 radical (unpaired) electrons. The molecule has 7 nitrogen and oxygen atoms in total. The molecule has 0 bridgehead atoms. The van der Waals surface area contributed by atoms with Crippen molar-refractivity contribution in [3.63, 3.8) is 0 Å². The van der Waals surface area contributed by atoms with Crippen LogP contribution in [-0.4, -0.2) is 39.4 Å². The standard InChI is InChI=1S/C12H15N5O2/c1-8-16-12(19-17-8)10-6-13-7-15-11(10)14-5-9-3-2-4-18-9/h6-7,9H,2-5H2,1H3,(H,13,14,15). The quantitative estimate of drug-likeness (QED) is 0.890. The van der Waals surface area contributed by atoms with E-state index in [1.807, 2.05) is 0 Å². The number of rotatable bonds is 4. The SMILES string of the molecule is Cc1noc(-c2cncnc2NCC2CCCO2)n1. The predicted molar refractivity (Wildman–Crippen MR) is 67.5 cm³/mol. The van der Waals surface area contributed by atoms with Gasteiger partial charge in [-0.1, -0.05) is 5.16 Å². The minimum absolute atomic E-state index is 0.243. The number of aryl methyl sites for hydroxylation is 1. The number of hydrogen-bond donors (Lipinski definition) is 1.